The van der Waals surface area contributed by atoms with Crippen molar-refractivity contribution in [2.45, 2.75) is 38.1 Å². The molecule has 0 saturated carbocycles. The van der Waals surface area contributed by atoms with Crippen molar-refractivity contribution >= 4 is 45.5 Å². The number of carbonyl (C=O) groups excluding carboxylic acids is 2. The number of hydrogen-bond acceptors (Lipinski definition) is 15. The molecule has 1 unspecified atom stereocenters. The Balaban J connectivity index is 0.737. The Kier molecular flexibility index (Phi) is 9.91. The lowest BCUT2D eigenvalue weighted by Gasteiger charge is -2.36. The predicted molar refractivity (Wildman–Crippen MR) is 220 cm³/mol. The van der Waals surface area contributed by atoms with Crippen LogP contribution in [0.4, 0.5) is 16.0 Å². The van der Waals surface area contributed by atoms with Crippen LogP contribution in [-0.4, -0.2) is 123 Å². The van der Waals surface area contributed by atoms with Crippen molar-refractivity contribution in [3.8, 4) is 22.4 Å². The van der Waals surface area contributed by atoms with E-state index < -0.39 is 23.3 Å². The number of piperazine rings is 1. The van der Waals surface area contributed by atoms with Gasteiger partial charge in [0.15, 0.2) is 5.65 Å². The first-order valence-electron chi connectivity index (χ1n) is 20.1. The zero-order valence-corrected chi connectivity index (χ0v) is 33.1. The van der Waals surface area contributed by atoms with Crippen molar-refractivity contribution in [1.29, 1.82) is 0 Å². The molecule has 61 heavy (non-hydrogen) atoms. The predicted octanol–water partition coefficient (Wildman–Crippen LogP) is 2.13. The van der Waals surface area contributed by atoms with Crippen LogP contribution in [0.1, 0.15) is 24.4 Å². The highest BCUT2D eigenvalue weighted by atomic mass is 19.1. The van der Waals surface area contributed by atoms with Crippen LogP contribution in [0, 0.1) is 5.82 Å². The number of amides is 2. The summed E-state index contributed by atoms with van der Waals surface area (Å²) in [5.74, 6) is -0.755. The Morgan fingerprint density at radius 3 is 2.46 bits per heavy atom. The van der Waals surface area contributed by atoms with Crippen molar-refractivity contribution < 1.29 is 18.7 Å². The second kappa shape index (κ2) is 15.8. The van der Waals surface area contributed by atoms with E-state index in [1.54, 1.807) is 27.8 Å². The maximum Gasteiger partial charge on any atom is 0.275 e. The molecule has 5 aromatic heterocycles. The van der Waals surface area contributed by atoms with Crippen LogP contribution < -0.4 is 20.7 Å². The summed E-state index contributed by atoms with van der Waals surface area (Å²) in [6.45, 7) is 5.48. The van der Waals surface area contributed by atoms with Gasteiger partial charge in [-0.15, -0.1) is 5.10 Å². The van der Waals surface area contributed by atoms with Crippen molar-refractivity contribution in [3.05, 3.63) is 95.3 Å². The maximum atomic E-state index is 15.4. The molecule has 0 bridgehead atoms. The Bertz CT molecular complexity index is 2840. The number of ether oxygens (including phenoxy) is 1. The molecule has 310 valence electrons. The van der Waals surface area contributed by atoms with Crippen LogP contribution in [0.25, 0.3) is 44.5 Å². The van der Waals surface area contributed by atoms with Crippen LogP contribution in [-0.2, 0) is 34.5 Å². The summed E-state index contributed by atoms with van der Waals surface area (Å²) in [6, 6.07) is 10.3. The zero-order valence-electron chi connectivity index (χ0n) is 33.1. The molecule has 8 heterocycles. The number of nitrogens with zero attached hydrogens (tertiary/aromatic N) is 14. The van der Waals surface area contributed by atoms with Gasteiger partial charge in [0.05, 0.1) is 54.6 Å². The van der Waals surface area contributed by atoms with Gasteiger partial charge in [-0.1, -0.05) is 29.5 Å². The summed E-state index contributed by atoms with van der Waals surface area (Å²) in [5, 5.41) is 19.8. The molecule has 3 saturated heterocycles. The van der Waals surface area contributed by atoms with E-state index in [4.69, 9.17) is 14.7 Å². The molecule has 0 aliphatic carbocycles. The normalized spacial score (nSPS) is 18.9. The van der Waals surface area contributed by atoms with Crippen LogP contribution in [0.3, 0.4) is 0 Å². The lowest BCUT2D eigenvalue weighted by atomic mass is 10.1. The molecule has 0 spiro atoms. The molecular weight excluding hydrogens is 786 g/mol. The number of benzene rings is 2. The molecule has 0 radical (unpaired) electrons. The summed E-state index contributed by atoms with van der Waals surface area (Å²) in [7, 11) is 1.85. The lowest BCUT2D eigenvalue weighted by molar-refractivity contribution is -0.136. The van der Waals surface area contributed by atoms with E-state index >= 15 is 4.39 Å². The quantitative estimate of drug-likeness (QED) is 0.208. The van der Waals surface area contributed by atoms with Crippen molar-refractivity contribution in [2.75, 3.05) is 55.7 Å². The van der Waals surface area contributed by atoms with Gasteiger partial charge in [-0.05, 0) is 29.7 Å². The third-order valence-electron chi connectivity index (χ3n) is 11.5. The molecular formula is C41H40FN15O4. The smallest absolute Gasteiger partial charge is 0.275 e. The van der Waals surface area contributed by atoms with Gasteiger partial charge in [0.25, 0.3) is 11.5 Å². The van der Waals surface area contributed by atoms with E-state index in [0.717, 1.165) is 33.5 Å². The average Bonchev–Trinajstić information content (AvgIpc) is 3.90. The first-order valence-corrected chi connectivity index (χ1v) is 20.1. The van der Waals surface area contributed by atoms with Gasteiger partial charge in [-0.2, -0.15) is 10.2 Å². The largest absolute Gasteiger partial charge is 0.373 e. The first kappa shape index (κ1) is 38.2. The van der Waals surface area contributed by atoms with Gasteiger partial charge < -0.3 is 14.5 Å². The Morgan fingerprint density at radius 2 is 1.69 bits per heavy atom. The number of aromatic nitrogens is 11. The molecule has 20 heteroatoms. The van der Waals surface area contributed by atoms with Crippen LogP contribution >= 0.6 is 0 Å². The Morgan fingerprint density at radius 1 is 0.869 bits per heavy atom. The number of anilines is 2. The molecule has 3 fully saturated rings. The number of imide groups is 1. The van der Waals surface area contributed by atoms with Crippen molar-refractivity contribution in [3.63, 3.8) is 0 Å². The molecule has 10 rings (SSSR count). The summed E-state index contributed by atoms with van der Waals surface area (Å²) in [4.78, 5) is 62.5. The fourth-order valence-corrected chi connectivity index (χ4v) is 8.17. The van der Waals surface area contributed by atoms with E-state index in [1.807, 2.05) is 30.5 Å². The number of piperidine rings is 1. The molecule has 2 aromatic carbocycles. The lowest BCUT2D eigenvalue weighted by Crippen LogP contribution is -2.46. The number of hydrogen-bond donors (Lipinski definition) is 1. The molecule has 1 N–H and O–H groups in total. The fourth-order valence-electron chi connectivity index (χ4n) is 8.17. The van der Waals surface area contributed by atoms with Crippen molar-refractivity contribution in [2.24, 2.45) is 7.05 Å². The van der Waals surface area contributed by atoms with Gasteiger partial charge in [0.2, 0.25) is 17.5 Å². The minimum Gasteiger partial charge on any atom is -0.373 e. The molecule has 3 aliphatic rings. The molecule has 2 atom stereocenters. The Hall–Kier alpha value is -7.06. The van der Waals surface area contributed by atoms with E-state index in [9.17, 15) is 14.4 Å². The molecule has 19 nitrogen and oxygen atoms in total. The summed E-state index contributed by atoms with van der Waals surface area (Å²) in [6.07, 6.45) is 10.5. The van der Waals surface area contributed by atoms with E-state index in [0.29, 0.717) is 86.4 Å². The minimum absolute atomic E-state index is 0.116. The van der Waals surface area contributed by atoms with E-state index in [1.165, 1.54) is 12.3 Å². The number of nitrogens with one attached hydrogen (secondary N) is 1. The van der Waals surface area contributed by atoms with Crippen LogP contribution in [0.15, 0.2) is 78.4 Å². The van der Waals surface area contributed by atoms with Gasteiger partial charge in [0, 0.05) is 94.4 Å². The van der Waals surface area contributed by atoms with Gasteiger partial charge in [0.1, 0.15) is 11.9 Å². The summed E-state index contributed by atoms with van der Waals surface area (Å²) >= 11 is 0. The van der Waals surface area contributed by atoms with Crippen LogP contribution in [0.2, 0.25) is 0 Å². The summed E-state index contributed by atoms with van der Waals surface area (Å²) < 4.78 is 26.0. The van der Waals surface area contributed by atoms with Crippen molar-refractivity contribution in [1.82, 2.24) is 64.7 Å². The highest BCUT2D eigenvalue weighted by Gasteiger charge is 2.31. The van der Waals surface area contributed by atoms with Gasteiger partial charge in [-0.25, -0.2) is 33.7 Å². The fraction of sp³-hybridized carbons (Fsp3) is 0.341. The molecule has 2 amide bonds. The average molecular weight is 826 g/mol. The van der Waals surface area contributed by atoms with E-state index in [-0.39, 0.29) is 30.2 Å². The van der Waals surface area contributed by atoms with Gasteiger partial charge >= 0.3 is 0 Å². The monoisotopic (exact) mass is 825 g/mol. The minimum atomic E-state index is -0.893. The highest BCUT2D eigenvalue weighted by molar-refractivity contribution is 5.99. The number of fused-ring (bicyclic) bond motifs is 2. The number of halogens is 1. The second-order valence-corrected chi connectivity index (χ2v) is 15.5. The number of carbonyl (C=O) groups is 2. The second-order valence-electron chi connectivity index (χ2n) is 15.5. The zero-order chi connectivity index (χ0) is 41.6. The third kappa shape index (κ3) is 7.66. The number of rotatable bonds is 9. The standard InChI is InChI=1S/C41H40FN15O4/c1-52-22-29(19-46-52)33-20-43-38-37(48-33)50-51-56(38)24-30-23-55(12-13-61-30)41-44-16-28(17-45-41)26-4-2-25(3-5-26)21-53-8-10-54(11-9-53)35-15-31-27(14-32(35)42)18-47-57(40(31)60)34-6-7-36(58)49-39(34)59/h2-5,14-20,22,30,34H,6-13,21,23-24H2,1H3,(H,49,58,59)/t30-,34?/m0/s1. The topological polar surface area (TPSA) is 200 Å². The number of morpholine rings is 1. The SMILES string of the molecule is Cn1cc(-c2cnc3c(nnn3C[C@@H]3CN(c4ncc(-c5ccc(CN6CCN(c7cc8c(=O)n(C9CCC(=O)NC9=O)ncc8cc7F)CC6)cc5)cn4)CCO3)n2)cn1. The Labute approximate surface area is 346 Å². The van der Waals surface area contributed by atoms with E-state index in [2.05, 4.69) is 69.9 Å². The maximum absolute atomic E-state index is 15.4. The van der Waals surface area contributed by atoms with Gasteiger partial charge in [-0.3, -0.25) is 29.3 Å². The van der Waals surface area contributed by atoms with Crippen LogP contribution in [0.5, 0.6) is 0 Å². The highest BCUT2D eigenvalue weighted by Crippen LogP contribution is 2.28. The number of aryl methyl sites for hydroxylation is 1. The molecule has 7 aromatic rings. The first-order chi connectivity index (χ1) is 29.7. The third-order valence-corrected chi connectivity index (χ3v) is 11.5. The summed E-state index contributed by atoms with van der Waals surface area (Å²) in [5.41, 5.74) is 5.48. The molecule has 3 aliphatic heterocycles.